The van der Waals surface area contributed by atoms with Crippen molar-refractivity contribution in [2.45, 2.75) is 19.3 Å². The van der Waals surface area contributed by atoms with Crippen molar-refractivity contribution < 1.29 is 0 Å². The summed E-state index contributed by atoms with van der Waals surface area (Å²) < 4.78 is 4.59. The van der Waals surface area contributed by atoms with Gasteiger partial charge in [0.15, 0.2) is 0 Å². The highest BCUT2D eigenvalue weighted by atomic mass is 15.2. The third-order valence-corrected chi connectivity index (χ3v) is 13.1. The molecule has 0 spiro atoms. The smallest absolute Gasteiger partial charge is 0.221 e. The van der Waals surface area contributed by atoms with Crippen molar-refractivity contribution in [2.24, 2.45) is 0 Å². The number of hydrogen-bond acceptors (Lipinski definition) is 2. The van der Waals surface area contributed by atoms with Crippen molar-refractivity contribution >= 4 is 70.9 Å². The van der Waals surface area contributed by atoms with Crippen LogP contribution in [0.15, 0.2) is 182 Å². The zero-order valence-electron chi connectivity index (χ0n) is 32.6. The first kappa shape index (κ1) is 32.5. The SMILES string of the molecule is CC1(C)c2cc(-c3ccc4c(c3)c3c5ccccc5ccc3n4-c3nc4ccccc4c4nc5ccccc5n34)ccc2-c2ccc(-c3cccc4ccccc34)cc21. The number of benzene rings is 9. The molecule has 12 aromatic rings. The molecule has 1 aliphatic carbocycles. The van der Waals surface area contributed by atoms with Gasteiger partial charge in [-0.1, -0.05) is 141 Å². The molecule has 0 amide bonds. The van der Waals surface area contributed by atoms with Crippen molar-refractivity contribution in [1.82, 2.24) is 18.9 Å². The average molecular weight is 753 g/mol. The molecule has 0 aliphatic heterocycles. The van der Waals surface area contributed by atoms with Gasteiger partial charge in [0.05, 0.1) is 27.6 Å². The number of para-hydroxylation sites is 3. The lowest BCUT2D eigenvalue weighted by Crippen LogP contribution is -2.15. The highest BCUT2D eigenvalue weighted by Gasteiger charge is 2.36. The fourth-order valence-corrected chi connectivity index (χ4v) is 10.2. The van der Waals surface area contributed by atoms with E-state index in [1.165, 1.54) is 76.8 Å². The van der Waals surface area contributed by atoms with Crippen molar-refractivity contribution in [1.29, 1.82) is 0 Å². The molecule has 3 aromatic heterocycles. The van der Waals surface area contributed by atoms with Gasteiger partial charge >= 0.3 is 0 Å². The molecule has 1 aliphatic rings. The Morgan fingerprint density at radius 2 is 1.02 bits per heavy atom. The molecule has 3 heterocycles. The monoisotopic (exact) mass is 752 g/mol. The molecule has 9 aromatic carbocycles. The minimum atomic E-state index is -0.168. The van der Waals surface area contributed by atoms with E-state index in [0.717, 1.165) is 44.6 Å². The van der Waals surface area contributed by atoms with E-state index in [4.69, 9.17) is 9.97 Å². The van der Waals surface area contributed by atoms with Gasteiger partial charge in [-0.2, -0.15) is 0 Å². The summed E-state index contributed by atoms with van der Waals surface area (Å²) in [7, 11) is 0. The second kappa shape index (κ2) is 11.7. The Hall–Kier alpha value is -7.56. The fraction of sp³-hybridized carbons (Fsp3) is 0.0545. The van der Waals surface area contributed by atoms with Gasteiger partial charge in [-0.15, -0.1) is 0 Å². The molecule has 4 nitrogen and oxygen atoms in total. The highest BCUT2D eigenvalue weighted by Crippen LogP contribution is 2.51. The molecular formula is C55H36N4. The Labute approximate surface area is 340 Å². The quantitative estimate of drug-likeness (QED) is 0.180. The lowest BCUT2D eigenvalue weighted by atomic mass is 9.80. The predicted octanol–water partition coefficient (Wildman–Crippen LogP) is 14.1. The molecule has 59 heavy (non-hydrogen) atoms. The number of hydrogen-bond donors (Lipinski definition) is 0. The summed E-state index contributed by atoms with van der Waals surface area (Å²) in [6.45, 7) is 4.77. The number of fused-ring (bicyclic) bond motifs is 14. The number of rotatable bonds is 3. The van der Waals surface area contributed by atoms with Crippen molar-refractivity contribution in [3.05, 3.63) is 193 Å². The van der Waals surface area contributed by atoms with Gasteiger partial charge in [0, 0.05) is 21.6 Å². The highest BCUT2D eigenvalue weighted by molar-refractivity contribution is 6.22. The third-order valence-electron chi connectivity index (χ3n) is 13.1. The molecule has 0 radical (unpaired) electrons. The average Bonchev–Trinajstić information content (AvgIpc) is 3.91. The summed E-state index contributed by atoms with van der Waals surface area (Å²) in [6.07, 6.45) is 0. The second-order valence-corrected chi connectivity index (χ2v) is 16.6. The first-order chi connectivity index (χ1) is 29.0. The van der Waals surface area contributed by atoms with Gasteiger partial charge in [-0.3, -0.25) is 8.97 Å². The van der Waals surface area contributed by atoms with Crippen LogP contribution in [0.4, 0.5) is 0 Å². The molecule has 0 unspecified atom stereocenters. The zero-order valence-corrected chi connectivity index (χ0v) is 32.6. The molecule has 13 rings (SSSR count). The molecule has 276 valence electrons. The Bertz CT molecular complexity index is 3760. The van der Waals surface area contributed by atoms with Crippen LogP contribution < -0.4 is 0 Å². The first-order valence-corrected chi connectivity index (χ1v) is 20.4. The fourth-order valence-electron chi connectivity index (χ4n) is 10.2. The molecular weight excluding hydrogens is 717 g/mol. The summed E-state index contributed by atoms with van der Waals surface area (Å²) in [4.78, 5) is 10.6. The van der Waals surface area contributed by atoms with Crippen LogP contribution in [0.3, 0.4) is 0 Å². The minimum absolute atomic E-state index is 0.168. The van der Waals surface area contributed by atoms with Crippen LogP contribution >= 0.6 is 0 Å². The van der Waals surface area contributed by atoms with Gasteiger partial charge in [-0.05, 0) is 121 Å². The molecule has 0 bridgehead atoms. The summed E-state index contributed by atoms with van der Waals surface area (Å²) in [5.41, 5.74) is 16.2. The van der Waals surface area contributed by atoms with E-state index >= 15 is 0 Å². The molecule has 0 saturated carbocycles. The lowest BCUT2D eigenvalue weighted by Gasteiger charge is -2.23. The Morgan fingerprint density at radius 3 is 1.85 bits per heavy atom. The lowest BCUT2D eigenvalue weighted by molar-refractivity contribution is 0.661. The maximum atomic E-state index is 5.43. The molecule has 0 saturated heterocycles. The Morgan fingerprint density at radius 1 is 0.407 bits per heavy atom. The van der Waals surface area contributed by atoms with Crippen LogP contribution in [-0.4, -0.2) is 18.9 Å². The summed E-state index contributed by atoms with van der Waals surface area (Å²) in [6, 6.07) is 66.5. The van der Waals surface area contributed by atoms with E-state index in [-0.39, 0.29) is 5.41 Å². The number of nitrogens with zero attached hydrogens (tertiary/aromatic N) is 4. The van der Waals surface area contributed by atoms with Crippen LogP contribution in [0.5, 0.6) is 0 Å². The van der Waals surface area contributed by atoms with Crippen molar-refractivity contribution in [3.8, 4) is 39.3 Å². The predicted molar refractivity (Wildman–Crippen MR) is 246 cm³/mol. The third kappa shape index (κ3) is 4.49. The maximum absolute atomic E-state index is 5.43. The maximum Gasteiger partial charge on any atom is 0.221 e. The number of imidazole rings is 1. The van der Waals surface area contributed by atoms with E-state index in [9.17, 15) is 0 Å². The number of aromatic nitrogens is 4. The summed E-state index contributed by atoms with van der Waals surface area (Å²) in [5, 5.41) is 8.46. The van der Waals surface area contributed by atoms with Gasteiger partial charge in [0.1, 0.15) is 5.65 Å². The van der Waals surface area contributed by atoms with Crippen LogP contribution in [0.1, 0.15) is 25.0 Å². The van der Waals surface area contributed by atoms with E-state index in [2.05, 4.69) is 205 Å². The van der Waals surface area contributed by atoms with Crippen LogP contribution in [0, 0.1) is 0 Å². The Balaban J connectivity index is 1.02. The molecule has 0 atom stereocenters. The van der Waals surface area contributed by atoms with Gasteiger partial charge < -0.3 is 0 Å². The van der Waals surface area contributed by atoms with Crippen molar-refractivity contribution in [3.63, 3.8) is 0 Å². The summed E-state index contributed by atoms with van der Waals surface area (Å²) in [5.74, 6) is 0.829. The molecule has 0 N–H and O–H groups in total. The molecule has 4 heteroatoms. The topological polar surface area (TPSA) is 35.1 Å². The zero-order chi connectivity index (χ0) is 39.0. The molecule has 0 fully saturated rings. The van der Waals surface area contributed by atoms with Crippen LogP contribution in [-0.2, 0) is 5.41 Å². The van der Waals surface area contributed by atoms with Gasteiger partial charge in [0.25, 0.3) is 0 Å². The standard InChI is InChI=1S/C55H36N4/c1-55(2)45-31-36(22-26-41(45)42-27-23-37(32-46(42)55)39-18-11-14-33-12-3-5-15-38(33)39)35-25-28-49-44(30-35)52-40-16-6-4-13-34(40)24-29-51(52)58(49)54-57-47-19-8-7-17-43(47)53-56-48-20-9-10-21-50(48)59(53)54/h3-32H,1-2H3. The summed E-state index contributed by atoms with van der Waals surface area (Å²) >= 11 is 0. The van der Waals surface area contributed by atoms with E-state index in [0.29, 0.717) is 0 Å². The Kier molecular flexibility index (Phi) is 6.48. The largest absolute Gasteiger partial charge is 0.279 e. The minimum Gasteiger partial charge on any atom is -0.279 e. The normalized spacial score (nSPS) is 13.4. The van der Waals surface area contributed by atoms with E-state index in [1.54, 1.807) is 0 Å². The van der Waals surface area contributed by atoms with Gasteiger partial charge in [0.2, 0.25) is 5.95 Å². The van der Waals surface area contributed by atoms with E-state index < -0.39 is 0 Å². The van der Waals surface area contributed by atoms with Gasteiger partial charge in [-0.25, -0.2) is 9.97 Å². The second-order valence-electron chi connectivity index (χ2n) is 16.6. The van der Waals surface area contributed by atoms with E-state index in [1.807, 2.05) is 0 Å². The van der Waals surface area contributed by atoms with Crippen LogP contribution in [0.25, 0.3) is 110 Å². The first-order valence-electron chi connectivity index (χ1n) is 20.4. The van der Waals surface area contributed by atoms with Crippen LogP contribution in [0.2, 0.25) is 0 Å². The van der Waals surface area contributed by atoms with Crippen molar-refractivity contribution in [2.75, 3.05) is 0 Å².